The van der Waals surface area contributed by atoms with E-state index in [1.54, 1.807) is 12.1 Å². The van der Waals surface area contributed by atoms with Crippen LogP contribution in [-0.2, 0) is 9.59 Å². The number of aliphatic carboxylic acids is 1. The average molecular weight is 306 g/mol. The number of aromatic nitrogens is 2. The molecule has 1 aromatic carbocycles. The van der Waals surface area contributed by atoms with Crippen molar-refractivity contribution in [1.82, 2.24) is 9.38 Å². The van der Waals surface area contributed by atoms with Gasteiger partial charge in [0.25, 0.3) is 0 Å². The van der Waals surface area contributed by atoms with Gasteiger partial charge in [-0.25, -0.2) is 4.98 Å². The first-order valence-corrected chi connectivity index (χ1v) is 6.86. The Bertz CT molecular complexity index is 862. The Kier molecular flexibility index (Phi) is 3.88. The van der Waals surface area contributed by atoms with Gasteiger partial charge in [-0.15, -0.1) is 0 Å². The fraction of sp³-hybridized carbons (Fsp3) is 0. The largest absolute Gasteiger partial charge is 0.545 e. The summed E-state index contributed by atoms with van der Waals surface area (Å²) in [7, 11) is 0. The molecule has 1 N–H and O–H groups in total. The second-order valence-electron chi connectivity index (χ2n) is 4.81. The topological polar surface area (TPSA) is 86.5 Å². The monoisotopic (exact) mass is 306 g/mol. The van der Waals surface area contributed by atoms with E-state index < -0.39 is 11.9 Å². The Morgan fingerprint density at radius 3 is 2.57 bits per heavy atom. The van der Waals surface area contributed by atoms with Crippen molar-refractivity contribution in [2.75, 3.05) is 5.32 Å². The van der Waals surface area contributed by atoms with Crippen LogP contribution >= 0.6 is 0 Å². The molecule has 0 spiro atoms. The molecule has 3 aromatic rings. The number of carboxylic acid groups (broad SMARTS) is 1. The highest BCUT2D eigenvalue weighted by Crippen LogP contribution is 2.21. The van der Waals surface area contributed by atoms with Crippen LogP contribution in [0, 0.1) is 0 Å². The third-order valence-electron chi connectivity index (χ3n) is 3.18. The molecule has 23 heavy (non-hydrogen) atoms. The van der Waals surface area contributed by atoms with Crippen LogP contribution in [0.5, 0.6) is 0 Å². The molecule has 2 heterocycles. The molecule has 2 aromatic heterocycles. The van der Waals surface area contributed by atoms with Gasteiger partial charge in [0.1, 0.15) is 5.65 Å². The van der Waals surface area contributed by atoms with Gasteiger partial charge in [-0.05, 0) is 30.3 Å². The predicted molar refractivity (Wildman–Crippen MR) is 83.4 cm³/mol. The highest BCUT2D eigenvalue weighted by Gasteiger charge is 2.04. The fourth-order valence-electron chi connectivity index (χ4n) is 2.13. The van der Waals surface area contributed by atoms with Gasteiger partial charge in [-0.1, -0.05) is 18.2 Å². The Labute approximate surface area is 131 Å². The van der Waals surface area contributed by atoms with E-state index in [4.69, 9.17) is 0 Å². The van der Waals surface area contributed by atoms with Gasteiger partial charge in [-0.2, -0.15) is 0 Å². The van der Waals surface area contributed by atoms with E-state index in [0.29, 0.717) is 11.8 Å². The third kappa shape index (κ3) is 3.44. The van der Waals surface area contributed by atoms with E-state index in [1.807, 2.05) is 47.1 Å². The van der Waals surface area contributed by atoms with Crippen LogP contribution in [0.3, 0.4) is 0 Å². The minimum absolute atomic E-state index is 0.533. The van der Waals surface area contributed by atoms with E-state index in [-0.39, 0.29) is 0 Å². The molecule has 1 amide bonds. The van der Waals surface area contributed by atoms with E-state index in [0.717, 1.165) is 23.0 Å². The van der Waals surface area contributed by atoms with Crippen LogP contribution in [0.1, 0.15) is 0 Å². The number of imidazole rings is 1. The average Bonchev–Trinajstić information content (AvgIpc) is 2.97. The number of rotatable bonds is 4. The molecule has 114 valence electrons. The molecule has 0 unspecified atom stereocenters. The first-order valence-electron chi connectivity index (χ1n) is 6.86. The molecule has 0 aliphatic rings. The van der Waals surface area contributed by atoms with Crippen LogP contribution in [0.4, 0.5) is 5.69 Å². The summed E-state index contributed by atoms with van der Waals surface area (Å²) >= 11 is 0. The molecule has 0 bridgehead atoms. The summed E-state index contributed by atoms with van der Waals surface area (Å²) in [6.07, 6.45) is 5.43. The number of hydrogen-bond donors (Lipinski definition) is 1. The number of pyridine rings is 1. The molecule has 0 saturated heterocycles. The van der Waals surface area contributed by atoms with E-state index in [9.17, 15) is 14.7 Å². The van der Waals surface area contributed by atoms with Gasteiger partial charge >= 0.3 is 0 Å². The van der Waals surface area contributed by atoms with Crippen molar-refractivity contribution in [1.29, 1.82) is 0 Å². The van der Waals surface area contributed by atoms with Crippen LogP contribution in [0.25, 0.3) is 16.9 Å². The van der Waals surface area contributed by atoms with Gasteiger partial charge < -0.3 is 19.6 Å². The first-order chi connectivity index (χ1) is 11.1. The SMILES string of the molecule is O=C([O-])/C=C\C(=O)Nc1ccc(-c2cn3ccccc3n2)cc1. The lowest BCUT2D eigenvalue weighted by atomic mass is 10.1. The Morgan fingerprint density at radius 2 is 1.87 bits per heavy atom. The number of nitrogens with zero attached hydrogens (tertiary/aromatic N) is 2. The highest BCUT2D eigenvalue weighted by atomic mass is 16.4. The maximum atomic E-state index is 11.5. The molecular weight excluding hydrogens is 294 g/mol. The van der Waals surface area contributed by atoms with Crippen LogP contribution in [0.2, 0.25) is 0 Å². The summed E-state index contributed by atoms with van der Waals surface area (Å²) in [6, 6.07) is 12.9. The number of benzene rings is 1. The van der Waals surface area contributed by atoms with E-state index in [2.05, 4.69) is 10.3 Å². The van der Waals surface area contributed by atoms with Crippen molar-refractivity contribution in [3.8, 4) is 11.3 Å². The lowest BCUT2D eigenvalue weighted by Crippen LogP contribution is -2.20. The quantitative estimate of drug-likeness (QED) is 0.735. The van der Waals surface area contributed by atoms with Crippen molar-refractivity contribution < 1.29 is 14.7 Å². The van der Waals surface area contributed by atoms with Gasteiger partial charge in [0, 0.05) is 29.7 Å². The normalized spacial score (nSPS) is 11.0. The zero-order chi connectivity index (χ0) is 16.2. The Morgan fingerprint density at radius 1 is 1.09 bits per heavy atom. The van der Waals surface area contributed by atoms with Crippen molar-refractivity contribution >= 4 is 23.2 Å². The number of nitrogens with one attached hydrogen (secondary N) is 1. The third-order valence-corrected chi connectivity index (χ3v) is 3.18. The summed E-state index contributed by atoms with van der Waals surface area (Å²) in [5.74, 6) is -1.95. The first kappa shape index (κ1) is 14.5. The second kappa shape index (κ2) is 6.15. The molecular formula is C17H12N3O3-. The highest BCUT2D eigenvalue weighted by molar-refractivity contribution is 6.02. The number of amides is 1. The number of carbonyl (C=O) groups is 2. The molecule has 6 nitrogen and oxygen atoms in total. The second-order valence-corrected chi connectivity index (χ2v) is 4.81. The Balaban J connectivity index is 1.76. The summed E-state index contributed by atoms with van der Waals surface area (Å²) < 4.78 is 1.93. The molecule has 0 aliphatic heterocycles. The molecule has 0 atom stereocenters. The minimum atomic E-state index is -1.41. The summed E-state index contributed by atoms with van der Waals surface area (Å²) in [4.78, 5) is 26.2. The van der Waals surface area contributed by atoms with Gasteiger partial charge in [0.05, 0.1) is 11.7 Å². The van der Waals surface area contributed by atoms with Crippen LogP contribution in [-0.4, -0.2) is 21.3 Å². The van der Waals surface area contributed by atoms with Crippen LogP contribution < -0.4 is 10.4 Å². The zero-order valence-electron chi connectivity index (χ0n) is 12.0. The van der Waals surface area contributed by atoms with E-state index in [1.165, 1.54) is 0 Å². The zero-order valence-corrected chi connectivity index (χ0v) is 12.0. The van der Waals surface area contributed by atoms with Gasteiger partial charge in [0.2, 0.25) is 5.91 Å². The maximum absolute atomic E-state index is 11.5. The van der Waals surface area contributed by atoms with Crippen molar-refractivity contribution in [2.24, 2.45) is 0 Å². The number of carbonyl (C=O) groups excluding carboxylic acids is 2. The molecule has 3 rings (SSSR count). The summed E-state index contributed by atoms with van der Waals surface area (Å²) in [6.45, 7) is 0. The standard InChI is InChI=1S/C17H13N3O3/c21-16(8-9-17(22)23)18-13-6-4-12(5-7-13)14-11-20-10-2-1-3-15(20)19-14/h1-11H,(H,18,21)(H,22,23)/p-1/b9-8-. The lowest BCUT2D eigenvalue weighted by molar-refractivity contribution is -0.297. The van der Waals surface area contributed by atoms with Gasteiger partial charge in [-0.3, -0.25) is 4.79 Å². The Hall–Kier alpha value is -3.41. The number of hydrogen-bond acceptors (Lipinski definition) is 4. The van der Waals surface area contributed by atoms with Gasteiger partial charge in [0.15, 0.2) is 0 Å². The van der Waals surface area contributed by atoms with Crippen molar-refractivity contribution in [3.05, 3.63) is 67.0 Å². The number of anilines is 1. The van der Waals surface area contributed by atoms with Crippen molar-refractivity contribution in [2.45, 2.75) is 0 Å². The smallest absolute Gasteiger partial charge is 0.248 e. The summed E-state index contributed by atoms with van der Waals surface area (Å²) in [5, 5.41) is 12.8. The van der Waals surface area contributed by atoms with Crippen molar-refractivity contribution in [3.63, 3.8) is 0 Å². The molecule has 0 radical (unpaired) electrons. The fourth-order valence-corrected chi connectivity index (χ4v) is 2.13. The lowest BCUT2D eigenvalue weighted by Gasteiger charge is -2.03. The number of fused-ring (bicyclic) bond motifs is 1. The number of carboxylic acids is 1. The molecule has 0 aliphatic carbocycles. The predicted octanol–water partition coefficient (Wildman–Crippen LogP) is 1.25. The maximum Gasteiger partial charge on any atom is 0.248 e. The molecule has 0 fully saturated rings. The molecule has 6 heteroatoms. The minimum Gasteiger partial charge on any atom is -0.545 e. The van der Waals surface area contributed by atoms with Crippen LogP contribution in [0.15, 0.2) is 67.0 Å². The molecule has 0 saturated carbocycles. The summed E-state index contributed by atoms with van der Waals surface area (Å²) in [5.41, 5.74) is 3.15. The van der Waals surface area contributed by atoms with E-state index >= 15 is 0 Å².